The number of amides is 1. The van der Waals surface area contributed by atoms with Crippen LogP contribution in [0, 0.1) is 0 Å². The molecule has 1 saturated heterocycles. The van der Waals surface area contributed by atoms with Gasteiger partial charge in [-0.2, -0.15) is 0 Å². The third-order valence-corrected chi connectivity index (χ3v) is 7.15. The van der Waals surface area contributed by atoms with Crippen molar-refractivity contribution in [3.63, 3.8) is 0 Å². The summed E-state index contributed by atoms with van der Waals surface area (Å²) in [4.78, 5) is 19.3. The van der Waals surface area contributed by atoms with Gasteiger partial charge in [-0.1, -0.05) is 60.5 Å². The van der Waals surface area contributed by atoms with Crippen LogP contribution in [-0.4, -0.2) is 54.0 Å². The second-order valence-electron chi connectivity index (χ2n) is 8.13. The van der Waals surface area contributed by atoms with Crippen LogP contribution < -0.4 is 0 Å². The molecular weight excluding hydrogens is 456 g/mol. The summed E-state index contributed by atoms with van der Waals surface area (Å²) in [6.07, 6.45) is 6.37. The molecule has 1 aliphatic rings. The number of hydrogen-bond acceptors (Lipinski definition) is 5. The molecule has 0 radical (unpaired) electrons. The number of nitrogens with zero attached hydrogens (tertiary/aromatic N) is 6. The first-order valence-corrected chi connectivity index (χ1v) is 12.6. The zero-order chi connectivity index (χ0) is 22.6. The van der Waals surface area contributed by atoms with Gasteiger partial charge in [0.1, 0.15) is 0 Å². The maximum atomic E-state index is 12.9. The number of hydrogen-bond donors (Lipinski definition) is 0. The highest BCUT2D eigenvalue weighted by atomic mass is 35.5. The highest BCUT2D eigenvalue weighted by molar-refractivity contribution is 7.99. The number of rotatable bonds is 6. The van der Waals surface area contributed by atoms with Crippen molar-refractivity contribution in [3.8, 4) is 5.69 Å². The number of para-hydroxylation sites is 3. The average molecular weight is 481 g/mol. The van der Waals surface area contributed by atoms with Gasteiger partial charge in [0.25, 0.3) is 0 Å². The molecule has 0 spiro atoms. The second kappa shape index (κ2) is 9.97. The molecule has 9 heteroatoms. The molecule has 0 unspecified atom stereocenters. The summed E-state index contributed by atoms with van der Waals surface area (Å²) in [7, 11) is 0. The molecule has 1 amide bonds. The Bertz CT molecular complexity index is 1260. The Labute approximate surface area is 201 Å². The van der Waals surface area contributed by atoms with E-state index in [2.05, 4.69) is 15.2 Å². The molecule has 1 fully saturated rings. The zero-order valence-electron chi connectivity index (χ0n) is 18.2. The van der Waals surface area contributed by atoms with Crippen LogP contribution in [0.25, 0.3) is 16.7 Å². The normalized spacial score (nSPS) is 14.5. The minimum absolute atomic E-state index is 0.151. The Kier molecular flexibility index (Phi) is 6.64. The lowest BCUT2D eigenvalue weighted by Crippen LogP contribution is -2.33. The Morgan fingerprint density at radius 1 is 0.970 bits per heavy atom. The number of carbonyl (C=O) groups is 1. The summed E-state index contributed by atoms with van der Waals surface area (Å²) in [5.41, 5.74) is 2.75. The fourth-order valence-electron chi connectivity index (χ4n) is 4.20. The molecule has 4 aromatic rings. The first kappa shape index (κ1) is 22.0. The summed E-state index contributed by atoms with van der Waals surface area (Å²) < 4.78 is 4.00. The van der Waals surface area contributed by atoms with Crippen molar-refractivity contribution in [3.05, 3.63) is 65.7 Å². The molecule has 7 nitrogen and oxygen atoms in total. The van der Waals surface area contributed by atoms with Crippen LogP contribution >= 0.6 is 23.4 Å². The van der Waals surface area contributed by atoms with Gasteiger partial charge in [0.15, 0.2) is 11.0 Å². The molecule has 0 N–H and O–H groups in total. The van der Waals surface area contributed by atoms with Crippen molar-refractivity contribution in [2.75, 3.05) is 18.8 Å². The molecule has 5 rings (SSSR count). The lowest BCUT2D eigenvalue weighted by molar-refractivity contribution is -0.128. The topological polar surface area (TPSA) is 68.8 Å². The van der Waals surface area contributed by atoms with E-state index >= 15 is 0 Å². The first-order chi connectivity index (χ1) is 16.2. The number of thioether (sulfide) groups is 1. The Hall–Kier alpha value is -2.84. The van der Waals surface area contributed by atoms with E-state index in [9.17, 15) is 4.79 Å². The van der Waals surface area contributed by atoms with E-state index in [-0.39, 0.29) is 5.91 Å². The molecule has 2 aromatic carbocycles. The van der Waals surface area contributed by atoms with Crippen LogP contribution in [0.5, 0.6) is 0 Å². The number of halogens is 1. The van der Waals surface area contributed by atoms with Gasteiger partial charge in [-0.15, -0.1) is 10.2 Å². The molecule has 170 valence electrons. The first-order valence-electron chi connectivity index (χ1n) is 11.2. The summed E-state index contributed by atoms with van der Waals surface area (Å²) in [5.74, 6) is 1.21. The molecule has 3 heterocycles. The van der Waals surface area contributed by atoms with Crippen molar-refractivity contribution in [2.24, 2.45) is 0 Å². The van der Waals surface area contributed by atoms with E-state index in [1.807, 2.05) is 68.9 Å². The van der Waals surface area contributed by atoms with Crippen molar-refractivity contribution < 1.29 is 4.79 Å². The molecule has 0 atom stereocenters. The molecule has 2 aromatic heterocycles. The SMILES string of the molecule is O=C(CSc1nnc(Cn2cnc3ccccc32)n1-c1ccccc1Cl)N1CCCCCC1. The predicted octanol–water partition coefficient (Wildman–Crippen LogP) is 4.81. The summed E-state index contributed by atoms with van der Waals surface area (Å²) >= 11 is 7.97. The van der Waals surface area contributed by atoms with E-state index in [1.54, 1.807) is 0 Å². The monoisotopic (exact) mass is 480 g/mol. The number of aromatic nitrogens is 5. The smallest absolute Gasteiger partial charge is 0.233 e. The van der Waals surface area contributed by atoms with Crippen LogP contribution in [0.3, 0.4) is 0 Å². The minimum Gasteiger partial charge on any atom is -0.342 e. The van der Waals surface area contributed by atoms with Gasteiger partial charge in [-0.3, -0.25) is 9.36 Å². The van der Waals surface area contributed by atoms with Crippen molar-refractivity contribution in [2.45, 2.75) is 37.4 Å². The molecule has 0 bridgehead atoms. The number of carbonyl (C=O) groups excluding carboxylic acids is 1. The fraction of sp³-hybridized carbons (Fsp3) is 0.333. The van der Waals surface area contributed by atoms with E-state index in [0.29, 0.717) is 22.5 Å². The third kappa shape index (κ3) is 4.77. The minimum atomic E-state index is 0.151. The van der Waals surface area contributed by atoms with Crippen molar-refractivity contribution >= 4 is 40.3 Å². The van der Waals surface area contributed by atoms with E-state index in [4.69, 9.17) is 11.6 Å². The third-order valence-electron chi connectivity index (χ3n) is 5.92. The lowest BCUT2D eigenvalue weighted by Gasteiger charge is -2.20. The number of fused-ring (bicyclic) bond motifs is 1. The number of likely N-dealkylation sites (tertiary alicyclic amines) is 1. The van der Waals surface area contributed by atoms with Gasteiger partial charge in [0, 0.05) is 13.1 Å². The van der Waals surface area contributed by atoms with Gasteiger partial charge < -0.3 is 9.47 Å². The largest absolute Gasteiger partial charge is 0.342 e. The molecule has 33 heavy (non-hydrogen) atoms. The molecule has 0 aliphatic carbocycles. The Morgan fingerprint density at radius 2 is 1.73 bits per heavy atom. The van der Waals surface area contributed by atoms with Crippen LogP contribution in [0.1, 0.15) is 31.5 Å². The fourth-order valence-corrected chi connectivity index (χ4v) is 5.28. The van der Waals surface area contributed by atoms with Crippen LogP contribution in [0.2, 0.25) is 5.02 Å². The van der Waals surface area contributed by atoms with Crippen LogP contribution in [0.4, 0.5) is 0 Å². The van der Waals surface area contributed by atoms with Crippen molar-refractivity contribution in [1.82, 2.24) is 29.2 Å². The standard InChI is InChI=1S/C24H25ClN6OS/c25-18-9-3-5-11-20(18)31-22(15-30-17-26-19-10-4-6-12-21(19)30)27-28-24(31)33-16-23(32)29-13-7-1-2-8-14-29/h3-6,9-12,17H,1-2,7-8,13-16H2. The maximum Gasteiger partial charge on any atom is 0.233 e. The summed E-state index contributed by atoms with van der Waals surface area (Å²) in [5, 5.41) is 10.2. The molecule has 1 aliphatic heterocycles. The number of benzene rings is 2. The number of imidazole rings is 1. The Balaban J connectivity index is 1.44. The Morgan fingerprint density at radius 3 is 2.55 bits per heavy atom. The lowest BCUT2D eigenvalue weighted by atomic mass is 10.2. The summed E-state index contributed by atoms with van der Waals surface area (Å²) in [6.45, 7) is 2.17. The zero-order valence-corrected chi connectivity index (χ0v) is 19.8. The maximum absolute atomic E-state index is 12.9. The van der Waals surface area contributed by atoms with Gasteiger partial charge in [0.2, 0.25) is 5.91 Å². The summed E-state index contributed by atoms with van der Waals surface area (Å²) in [6, 6.07) is 15.6. The average Bonchev–Trinajstić information content (AvgIpc) is 3.31. The van der Waals surface area contributed by atoms with Crippen LogP contribution in [-0.2, 0) is 11.3 Å². The second-order valence-corrected chi connectivity index (χ2v) is 9.48. The van der Waals surface area contributed by atoms with Gasteiger partial charge in [-0.05, 0) is 37.1 Å². The van der Waals surface area contributed by atoms with Gasteiger partial charge in [-0.25, -0.2) is 4.98 Å². The highest BCUT2D eigenvalue weighted by Gasteiger charge is 2.21. The van der Waals surface area contributed by atoms with E-state index in [0.717, 1.165) is 48.5 Å². The molecule has 0 saturated carbocycles. The van der Waals surface area contributed by atoms with Crippen molar-refractivity contribution in [1.29, 1.82) is 0 Å². The quantitative estimate of drug-likeness (QED) is 0.370. The van der Waals surface area contributed by atoms with Crippen LogP contribution in [0.15, 0.2) is 60.0 Å². The van der Waals surface area contributed by atoms with Gasteiger partial charge in [0.05, 0.1) is 40.4 Å². The van der Waals surface area contributed by atoms with Gasteiger partial charge >= 0.3 is 0 Å². The highest BCUT2D eigenvalue weighted by Crippen LogP contribution is 2.28. The predicted molar refractivity (Wildman–Crippen MR) is 131 cm³/mol. The molecular formula is C24H25ClN6OS. The van der Waals surface area contributed by atoms with E-state index < -0.39 is 0 Å². The van der Waals surface area contributed by atoms with E-state index in [1.165, 1.54) is 24.6 Å².